The van der Waals surface area contributed by atoms with Crippen molar-refractivity contribution in [1.29, 1.82) is 0 Å². The molecule has 0 unspecified atom stereocenters. The molecular weight excluding hydrogens is 266 g/mol. The van der Waals surface area contributed by atoms with E-state index >= 15 is 0 Å². The van der Waals surface area contributed by atoms with Crippen molar-refractivity contribution in [2.45, 2.75) is 6.54 Å². The smallest absolute Gasteiger partial charge is 0.0351 e. The van der Waals surface area contributed by atoms with E-state index in [1.54, 1.807) is 0 Å². The summed E-state index contributed by atoms with van der Waals surface area (Å²) in [4.78, 5) is 2.35. The van der Waals surface area contributed by atoms with Gasteiger partial charge in [-0.15, -0.1) is 11.6 Å². The Morgan fingerprint density at radius 1 is 0.900 bits per heavy atom. The molecule has 0 spiro atoms. The Labute approximate surface area is 126 Å². The first-order valence-electron chi connectivity index (χ1n) is 6.92. The Kier molecular flexibility index (Phi) is 6.36. The summed E-state index contributed by atoms with van der Waals surface area (Å²) in [6.45, 7) is 2.75. The van der Waals surface area contributed by atoms with Crippen LogP contribution in [0.1, 0.15) is 11.1 Å². The number of hydrogen-bond acceptors (Lipinski definition) is 1. The quantitative estimate of drug-likeness (QED) is 0.680. The molecule has 0 aliphatic heterocycles. The summed E-state index contributed by atoms with van der Waals surface area (Å²) in [5.74, 6) is 0.659. The van der Waals surface area contributed by atoms with E-state index in [0.717, 1.165) is 19.6 Å². The minimum absolute atomic E-state index is 0.659. The van der Waals surface area contributed by atoms with Crippen LogP contribution in [-0.2, 0) is 6.54 Å². The normalized spacial score (nSPS) is 11.3. The largest absolute Gasteiger partial charge is 0.294 e. The molecule has 2 aromatic carbocycles. The molecule has 0 atom stereocenters. The van der Waals surface area contributed by atoms with Crippen molar-refractivity contribution in [3.8, 4) is 0 Å². The summed E-state index contributed by atoms with van der Waals surface area (Å²) in [6, 6.07) is 20.9. The van der Waals surface area contributed by atoms with Gasteiger partial charge in [0.05, 0.1) is 0 Å². The zero-order chi connectivity index (χ0) is 14.0. The van der Waals surface area contributed by atoms with Crippen LogP contribution in [0.25, 0.3) is 6.08 Å². The Balaban J connectivity index is 1.91. The molecular formula is C18H20ClN. The van der Waals surface area contributed by atoms with Crippen molar-refractivity contribution >= 4 is 17.7 Å². The monoisotopic (exact) mass is 285 g/mol. The lowest BCUT2D eigenvalue weighted by Crippen LogP contribution is -2.25. The van der Waals surface area contributed by atoms with Gasteiger partial charge < -0.3 is 0 Å². The first-order chi connectivity index (χ1) is 9.88. The van der Waals surface area contributed by atoms with Crippen LogP contribution in [0.2, 0.25) is 0 Å². The average molecular weight is 286 g/mol. The number of hydrogen-bond donors (Lipinski definition) is 0. The highest BCUT2D eigenvalue weighted by molar-refractivity contribution is 6.18. The fourth-order valence-corrected chi connectivity index (χ4v) is 2.34. The van der Waals surface area contributed by atoms with Crippen molar-refractivity contribution in [2.75, 3.05) is 19.0 Å². The van der Waals surface area contributed by atoms with Gasteiger partial charge in [-0.2, -0.15) is 0 Å². The highest BCUT2D eigenvalue weighted by atomic mass is 35.5. The van der Waals surface area contributed by atoms with E-state index < -0.39 is 0 Å². The van der Waals surface area contributed by atoms with Crippen LogP contribution in [0.5, 0.6) is 0 Å². The third kappa shape index (κ3) is 5.20. The zero-order valence-corrected chi connectivity index (χ0v) is 12.3. The summed E-state index contributed by atoms with van der Waals surface area (Å²) in [6.07, 6.45) is 4.36. The molecule has 0 heterocycles. The van der Waals surface area contributed by atoms with Gasteiger partial charge in [0.2, 0.25) is 0 Å². The van der Waals surface area contributed by atoms with Crippen molar-refractivity contribution in [3.05, 3.63) is 77.9 Å². The van der Waals surface area contributed by atoms with E-state index in [1.807, 2.05) is 12.1 Å². The zero-order valence-electron chi connectivity index (χ0n) is 11.6. The van der Waals surface area contributed by atoms with Crippen LogP contribution in [0.4, 0.5) is 0 Å². The maximum Gasteiger partial charge on any atom is 0.0351 e. The first kappa shape index (κ1) is 14.8. The number of halogens is 1. The molecule has 0 aromatic heterocycles. The average Bonchev–Trinajstić information content (AvgIpc) is 2.49. The van der Waals surface area contributed by atoms with Crippen molar-refractivity contribution in [2.24, 2.45) is 0 Å². The van der Waals surface area contributed by atoms with Gasteiger partial charge in [-0.25, -0.2) is 0 Å². The molecule has 0 fully saturated rings. The number of rotatable bonds is 7. The van der Waals surface area contributed by atoms with E-state index in [9.17, 15) is 0 Å². The van der Waals surface area contributed by atoms with E-state index in [1.165, 1.54) is 11.1 Å². The SMILES string of the molecule is ClCCN(C/C=C/c1ccccc1)Cc1ccccc1. The molecule has 2 rings (SSSR count). The number of nitrogens with zero attached hydrogens (tertiary/aromatic N) is 1. The molecule has 0 radical (unpaired) electrons. The Bertz CT molecular complexity index is 507. The predicted molar refractivity (Wildman–Crippen MR) is 87.9 cm³/mol. The van der Waals surface area contributed by atoms with E-state index in [0.29, 0.717) is 5.88 Å². The fourth-order valence-electron chi connectivity index (χ4n) is 2.10. The lowest BCUT2D eigenvalue weighted by atomic mass is 10.2. The molecule has 0 bridgehead atoms. The van der Waals surface area contributed by atoms with Crippen LogP contribution in [0, 0.1) is 0 Å². The van der Waals surface area contributed by atoms with Crippen molar-refractivity contribution < 1.29 is 0 Å². The van der Waals surface area contributed by atoms with Crippen LogP contribution in [0.3, 0.4) is 0 Å². The molecule has 1 nitrogen and oxygen atoms in total. The molecule has 0 amide bonds. The molecule has 0 saturated heterocycles. The third-order valence-electron chi connectivity index (χ3n) is 3.12. The lowest BCUT2D eigenvalue weighted by molar-refractivity contribution is 0.313. The maximum absolute atomic E-state index is 5.89. The molecule has 0 saturated carbocycles. The van der Waals surface area contributed by atoms with Gasteiger partial charge in [0.15, 0.2) is 0 Å². The van der Waals surface area contributed by atoms with E-state index in [4.69, 9.17) is 11.6 Å². The highest BCUT2D eigenvalue weighted by Crippen LogP contribution is 2.06. The van der Waals surface area contributed by atoms with Gasteiger partial charge in [-0.05, 0) is 11.1 Å². The summed E-state index contributed by atoms with van der Waals surface area (Å²) in [7, 11) is 0. The standard InChI is InChI=1S/C18H20ClN/c19-13-15-20(16-18-10-5-2-6-11-18)14-7-12-17-8-3-1-4-9-17/h1-12H,13-16H2/b12-7+. The highest BCUT2D eigenvalue weighted by Gasteiger charge is 2.02. The number of alkyl halides is 1. The number of benzene rings is 2. The first-order valence-corrected chi connectivity index (χ1v) is 7.46. The Morgan fingerprint density at radius 3 is 2.20 bits per heavy atom. The van der Waals surface area contributed by atoms with Gasteiger partial charge in [0, 0.05) is 25.5 Å². The lowest BCUT2D eigenvalue weighted by Gasteiger charge is -2.19. The summed E-state index contributed by atoms with van der Waals surface area (Å²) in [5.41, 5.74) is 2.56. The van der Waals surface area contributed by atoms with Crippen LogP contribution in [0.15, 0.2) is 66.7 Å². The minimum atomic E-state index is 0.659. The van der Waals surface area contributed by atoms with Crippen LogP contribution < -0.4 is 0 Å². The molecule has 0 aliphatic rings. The predicted octanol–water partition coefficient (Wildman–Crippen LogP) is 4.44. The topological polar surface area (TPSA) is 3.24 Å². The second-order valence-electron chi connectivity index (χ2n) is 4.72. The molecule has 2 heteroatoms. The van der Waals surface area contributed by atoms with Gasteiger partial charge in [0.1, 0.15) is 0 Å². The van der Waals surface area contributed by atoms with E-state index in [-0.39, 0.29) is 0 Å². The van der Waals surface area contributed by atoms with Gasteiger partial charge in [-0.3, -0.25) is 4.90 Å². The molecule has 2 aromatic rings. The van der Waals surface area contributed by atoms with E-state index in [2.05, 4.69) is 65.6 Å². The third-order valence-corrected chi connectivity index (χ3v) is 3.29. The molecule has 0 aliphatic carbocycles. The summed E-state index contributed by atoms with van der Waals surface area (Å²) < 4.78 is 0. The second kappa shape index (κ2) is 8.57. The second-order valence-corrected chi connectivity index (χ2v) is 5.10. The summed E-state index contributed by atoms with van der Waals surface area (Å²) >= 11 is 5.89. The summed E-state index contributed by atoms with van der Waals surface area (Å²) in [5, 5.41) is 0. The van der Waals surface area contributed by atoms with Crippen LogP contribution in [-0.4, -0.2) is 23.9 Å². The van der Waals surface area contributed by atoms with Crippen LogP contribution >= 0.6 is 11.6 Å². The molecule has 0 N–H and O–H groups in total. The Morgan fingerprint density at radius 2 is 1.55 bits per heavy atom. The van der Waals surface area contributed by atoms with Gasteiger partial charge in [-0.1, -0.05) is 72.8 Å². The minimum Gasteiger partial charge on any atom is -0.294 e. The molecule has 20 heavy (non-hydrogen) atoms. The molecule has 104 valence electrons. The fraction of sp³-hybridized carbons (Fsp3) is 0.222. The maximum atomic E-state index is 5.89. The van der Waals surface area contributed by atoms with Crippen molar-refractivity contribution in [3.63, 3.8) is 0 Å². The Hall–Kier alpha value is -1.57. The van der Waals surface area contributed by atoms with Crippen molar-refractivity contribution in [1.82, 2.24) is 4.90 Å². The van der Waals surface area contributed by atoms with Gasteiger partial charge in [0.25, 0.3) is 0 Å². The van der Waals surface area contributed by atoms with Gasteiger partial charge >= 0.3 is 0 Å².